The van der Waals surface area contributed by atoms with Crippen LogP contribution in [0.5, 0.6) is 0 Å². The lowest BCUT2D eigenvalue weighted by molar-refractivity contribution is -0.260. The molecule has 1 spiro atoms. The van der Waals surface area contributed by atoms with Crippen molar-refractivity contribution in [3.63, 3.8) is 0 Å². The number of hydrogen-bond donors (Lipinski definition) is 2. The van der Waals surface area contributed by atoms with Gasteiger partial charge in [-0.25, -0.2) is 0 Å². The lowest BCUT2D eigenvalue weighted by Crippen LogP contribution is -2.63. The molecule has 0 radical (unpaired) electrons. The van der Waals surface area contributed by atoms with Crippen molar-refractivity contribution >= 4 is 0 Å². The van der Waals surface area contributed by atoms with E-state index in [-0.39, 0.29) is 16.6 Å². The average molecular weight is 418 g/mol. The largest absolute Gasteiger partial charge is 0.389 e. The Morgan fingerprint density at radius 3 is 2.40 bits per heavy atom. The van der Waals surface area contributed by atoms with Crippen molar-refractivity contribution in [3.8, 4) is 0 Å². The molecule has 0 unspecified atom stereocenters. The molecule has 4 aliphatic carbocycles. The van der Waals surface area contributed by atoms with Crippen molar-refractivity contribution < 1.29 is 14.6 Å². The van der Waals surface area contributed by atoms with E-state index in [4.69, 9.17) is 15.2 Å². The molecule has 0 aromatic carbocycles. The lowest BCUT2D eigenvalue weighted by atomic mass is 9.43. The van der Waals surface area contributed by atoms with Crippen LogP contribution in [0.3, 0.4) is 0 Å². The van der Waals surface area contributed by atoms with Gasteiger partial charge in [0.15, 0.2) is 5.79 Å². The summed E-state index contributed by atoms with van der Waals surface area (Å²) in [4.78, 5) is 0. The van der Waals surface area contributed by atoms with E-state index in [1.54, 1.807) is 0 Å². The smallest absolute Gasteiger partial charge is 0.174 e. The van der Waals surface area contributed by atoms with Crippen molar-refractivity contribution in [3.05, 3.63) is 12.2 Å². The first-order chi connectivity index (χ1) is 14.4. The molecule has 1 aliphatic heterocycles. The Labute approximate surface area is 183 Å². The molecule has 5 fully saturated rings. The molecule has 0 amide bonds. The number of fused-ring (bicyclic) bond motifs is 6. The first kappa shape index (κ1) is 21.4. The fraction of sp³-hybridized carbons (Fsp3) is 0.923. The number of rotatable bonds is 4. The number of unbranched alkanes of at least 4 members (excludes halogenated alkanes) is 1. The first-order valence-electron chi connectivity index (χ1n) is 12.7. The molecule has 170 valence electrons. The summed E-state index contributed by atoms with van der Waals surface area (Å²) in [6.07, 6.45) is 17.0. The second-order valence-electron chi connectivity index (χ2n) is 11.7. The van der Waals surface area contributed by atoms with Crippen LogP contribution < -0.4 is 5.73 Å². The molecule has 4 heteroatoms. The van der Waals surface area contributed by atoms with Gasteiger partial charge >= 0.3 is 0 Å². The maximum Gasteiger partial charge on any atom is 0.174 e. The zero-order valence-corrected chi connectivity index (χ0v) is 19.2. The van der Waals surface area contributed by atoms with Crippen LogP contribution >= 0.6 is 0 Å². The highest BCUT2D eigenvalue weighted by molar-refractivity contribution is 5.17. The monoisotopic (exact) mass is 417 g/mol. The number of ether oxygens (including phenoxy) is 2. The normalized spacial score (nSPS) is 49.9. The second-order valence-corrected chi connectivity index (χ2v) is 11.7. The van der Waals surface area contributed by atoms with E-state index >= 15 is 0 Å². The number of allylic oxidation sites excluding steroid dienone is 2. The molecule has 5 aliphatic rings. The van der Waals surface area contributed by atoms with Gasteiger partial charge < -0.3 is 20.3 Å². The Hall–Kier alpha value is -0.420. The molecule has 4 nitrogen and oxygen atoms in total. The third kappa shape index (κ3) is 2.93. The minimum Gasteiger partial charge on any atom is -0.389 e. The molecule has 30 heavy (non-hydrogen) atoms. The van der Waals surface area contributed by atoms with Gasteiger partial charge in [-0.1, -0.05) is 26.0 Å². The summed E-state index contributed by atoms with van der Waals surface area (Å²) in [6.45, 7) is 7.17. The van der Waals surface area contributed by atoms with E-state index < -0.39 is 5.60 Å². The summed E-state index contributed by atoms with van der Waals surface area (Å²) >= 11 is 0. The van der Waals surface area contributed by atoms with E-state index in [0.29, 0.717) is 17.8 Å². The second kappa shape index (κ2) is 7.57. The highest BCUT2D eigenvalue weighted by atomic mass is 16.7. The van der Waals surface area contributed by atoms with Gasteiger partial charge in [-0.15, -0.1) is 0 Å². The maximum atomic E-state index is 12.0. The summed E-state index contributed by atoms with van der Waals surface area (Å²) in [7, 11) is 0. The summed E-state index contributed by atoms with van der Waals surface area (Å²) < 4.78 is 12.6. The van der Waals surface area contributed by atoms with Crippen molar-refractivity contribution in [1.82, 2.24) is 0 Å². The van der Waals surface area contributed by atoms with Crippen molar-refractivity contribution in [2.75, 3.05) is 19.8 Å². The molecule has 3 N–H and O–H groups in total. The quantitative estimate of drug-likeness (QED) is 0.509. The summed E-state index contributed by atoms with van der Waals surface area (Å²) in [5.41, 5.74) is 5.34. The van der Waals surface area contributed by atoms with E-state index in [2.05, 4.69) is 26.0 Å². The Morgan fingerprint density at radius 2 is 1.63 bits per heavy atom. The molecule has 0 bridgehead atoms. The minimum absolute atomic E-state index is 0.0615. The van der Waals surface area contributed by atoms with Crippen LogP contribution in [0.25, 0.3) is 0 Å². The average Bonchev–Trinajstić information content (AvgIpc) is 3.32. The SMILES string of the molecule is C[C@]12CC[C@H]3[C@@H](CC[C@@]4(O)C[C@H](C=CCCCN)CC[C@]34C)[C@@H]1CCC21OCCO1. The summed E-state index contributed by atoms with van der Waals surface area (Å²) in [6, 6.07) is 0. The van der Waals surface area contributed by atoms with Crippen LogP contribution in [0.2, 0.25) is 0 Å². The highest BCUT2D eigenvalue weighted by Crippen LogP contribution is 2.70. The molecule has 4 saturated carbocycles. The van der Waals surface area contributed by atoms with Gasteiger partial charge in [-0.3, -0.25) is 0 Å². The molecule has 1 saturated heterocycles. The summed E-state index contributed by atoms with van der Waals surface area (Å²) in [5, 5.41) is 12.0. The third-order valence-corrected chi connectivity index (χ3v) is 10.6. The topological polar surface area (TPSA) is 64.7 Å². The number of aliphatic hydroxyl groups is 1. The van der Waals surface area contributed by atoms with Gasteiger partial charge in [0.1, 0.15) is 0 Å². The van der Waals surface area contributed by atoms with E-state index in [0.717, 1.165) is 64.2 Å². The zero-order valence-electron chi connectivity index (χ0n) is 19.2. The summed E-state index contributed by atoms with van der Waals surface area (Å²) in [5.74, 6) is 2.26. The van der Waals surface area contributed by atoms with Crippen molar-refractivity contribution in [1.29, 1.82) is 0 Å². The van der Waals surface area contributed by atoms with Crippen molar-refractivity contribution in [2.45, 2.75) is 95.9 Å². The molecule has 0 aromatic rings. The predicted molar refractivity (Wildman–Crippen MR) is 119 cm³/mol. The van der Waals surface area contributed by atoms with Gasteiger partial charge in [-0.2, -0.15) is 0 Å². The fourth-order valence-corrected chi connectivity index (χ4v) is 8.87. The van der Waals surface area contributed by atoms with E-state index in [9.17, 15) is 5.11 Å². The molecule has 1 heterocycles. The lowest BCUT2D eigenvalue weighted by Gasteiger charge is -2.64. The third-order valence-electron chi connectivity index (χ3n) is 10.6. The van der Waals surface area contributed by atoms with Crippen LogP contribution in [0.15, 0.2) is 12.2 Å². The predicted octanol–water partition coefficient (Wildman–Crippen LogP) is 4.80. The van der Waals surface area contributed by atoms with Gasteiger partial charge in [0.2, 0.25) is 0 Å². The maximum absolute atomic E-state index is 12.0. The Balaban J connectivity index is 1.34. The molecular weight excluding hydrogens is 374 g/mol. The van der Waals surface area contributed by atoms with E-state index in [1.165, 1.54) is 32.1 Å². The molecule has 0 aromatic heterocycles. The van der Waals surface area contributed by atoms with Crippen LogP contribution in [0.1, 0.15) is 84.5 Å². The fourth-order valence-electron chi connectivity index (χ4n) is 8.87. The van der Waals surface area contributed by atoms with Gasteiger partial charge in [-0.05, 0) is 99.8 Å². The minimum atomic E-state index is -0.500. The first-order valence-corrected chi connectivity index (χ1v) is 12.7. The zero-order chi connectivity index (χ0) is 21.0. The molecule has 7 atom stereocenters. The van der Waals surface area contributed by atoms with Crippen LogP contribution in [-0.2, 0) is 9.47 Å². The number of nitrogens with two attached hydrogens (primary N) is 1. The van der Waals surface area contributed by atoms with Gasteiger partial charge in [0.05, 0.1) is 18.8 Å². The number of hydrogen-bond acceptors (Lipinski definition) is 4. The van der Waals surface area contributed by atoms with Crippen LogP contribution in [0.4, 0.5) is 0 Å². The van der Waals surface area contributed by atoms with Crippen LogP contribution in [-0.4, -0.2) is 36.3 Å². The highest BCUT2D eigenvalue weighted by Gasteiger charge is 2.69. The molecule has 5 rings (SSSR count). The van der Waals surface area contributed by atoms with Gasteiger partial charge in [0.25, 0.3) is 0 Å². The Morgan fingerprint density at radius 1 is 0.933 bits per heavy atom. The van der Waals surface area contributed by atoms with Gasteiger partial charge in [0, 0.05) is 11.8 Å². The Kier molecular flexibility index (Phi) is 5.41. The standard InChI is InChI=1S/C26H43NO3/c1-23-11-7-19(6-4-3-5-15-27)18-25(23,28)13-8-20-21(23)9-12-24(2)22(20)10-14-26(24)29-16-17-30-26/h4,6,19-22,28H,3,5,7-18,27H2,1-2H3/t19-,20-,21+,22+,23-,24+,25-/m1/s1. The van der Waals surface area contributed by atoms with Crippen molar-refractivity contribution in [2.24, 2.45) is 40.2 Å². The van der Waals surface area contributed by atoms with Crippen LogP contribution in [0, 0.1) is 34.5 Å². The Bertz CT molecular complexity index is 673. The molecular formula is C26H43NO3. The van der Waals surface area contributed by atoms with E-state index in [1.807, 2.05) is 0 Å².